The highest BCUT2D eigenvalue weighted by Crippen LogP contribution is 2.30. The van der Waals surface area contributed by atoms with E-state index in [2.05, 4.69) is 17.2 Å². The molecule has 1 N–H and O–H groups in total. The van der Waals surface area contributed by atoms with E-state index in [0.717, 1.165) is 35.9 Å². The molecule has 1 aliphatic rings. The SMILES string of the molecule is CCCCn1c(SCC(=O)NC2CCCC2)nc2c(sc3ncccc32)c1=O. The Labute approximate surface area is 171 Å². The summed E-state index contributed by atoms with van der Waals surface area (Å²) in [6.45, 7) is 2.72. The number of fused-ring (bicyclic) bond motifs is 3. The molecule has 1 aliphatic carbocycles. The normalized spacial score (nSPS) is 14.9. The molecule has 148 valence electrons. The first-order valence-electron chi connectivity index (χ1n) is 9.87. The molecule has 0 radical (unpaired) electrons. The minimum absolute atomic E-state index is 0.0186. The van der Waals surface area contributed by atoms with E-state index in [1.165, 1.54) is 35.9 Å². The summed E-state index contributed by atoms with van der Waals surface area (Å²) in [5.41, 5.74) is 0.671. The van der Waals surface area contributed by atoms with E-state index in [1.807, 2.05) is 12.1 Å². The summed E-state index contributed by atoms with van der Waals surface area (Å²) in [7, 11) is 0. The monoisotopic (exact) mass is 416 g/mol. The number of carbonyl (C=O) groups excluding carboxylic acids is 1. The minimum atomic E-state index is -0.0276. The molecule has 0 bridgehead atoms. The maximum atomic E-state index is 13.1. The molecule has 0 spiro atoms. The van der Waals surface area contributed by atoms with Crippen molar-refractivity contribution < 1.29 is 4.79 Å². The maximum Gasteiger partial charge on any atom is 0.272 e. The second-order valence-corrected chi connectivity index (χ2v) is 9.12. The summed E-state index contributed by atoms with van der Waals surface area (Å²) in [6, 6.07) is 4.11. The molecule has 0 aliphatic heterocycles. The lowest BCUT2D eigenvalue weighted by atomic mass is 10.2. The first kappa shape index (κ1) is 19.4. The minimum Gasteiger partial charge on any atom is -0.353 e. The third kappa shape index (κ3) is 3.93. The number of rotatable bonds is 7. The zero-order valence-corrected chi connectivity index (χ0v) is 17.6. The molecular weight excluding hydrogens is 392 g/mol. The molecule has 6 nitrogen and oxygen atoms in total. The largest absolute Gasteiger partial charge is 0.353 e. The van der Waals surface area contributed by atoms with Crippen LogP contribution in [0.5, 0.6) is 0 Å². The second kappa shape index (κ2) is 8.61. The lowest BCUT2D eigenvalue weighted by Gasteiger charge is -2.13. The van der Waals surface area contributed by atoms with E-state index in [0.29, 0.717) is 28.0 Å². The Balaban J connectivity index is 1.65. The van der Waals surface area contributed by atoms with Crippen LogP contribution in [0.1, 0.15) is 45.4 Å². The zero-order chi connectivity index (χ0) is 19.5. The van der Waals surface area contributed by atoms with Gasteiger partial charge in [0.25, 0.3) is 5.56 Å². The second-order valence-electron chi connectivity index (χ2n) is 7.18. The number of hydrogen-bond donors (Lipinski definition) is 1. The van der Waals surface area contributed by atoms with Gasteiger partial charge in [-0.1, -0.05) is 37.9 Å². The van der Waals surface area contributed by atoms with Gasteiger partial charge in [-0.15, -0.1) is 11.3 Å². The molecule has 3 aromatic heterocycles. The number of thiophene rings is 1. The Bertz CT molecular complexity index is 1050. The van der Waals surface area contributed by atoms with Gasteiger partial charge in [0.2, 0.25) is 5.91 Å². The highest BCUT2D eigenvalue weighted by Gasteiger charge is 2.20. The van der Waals surface area contributed by atoms with Gasteiger partial charge in [0.05, 0.1) is 11.3 Å². The molecule has 3 aromatic rings. The van der Waals surface area contributed by atoms with Gasteiger partial charge in [-0.2, -0.15) is 0 Å². The van der Waals surface area contributed by atoms with Crippen LogP contribution in [-0.4, -0.2) is 32.2 Å². The summed E-state index contributed by atoms with van der Waals surface area (Å²) in [6.07, 6.45) is 8.13. The third-order valence-electron chi connectivity index (χ3n) is 5.11. The Morgan fingerprint density at radius 1 is 1.39 bits per heavy atom. The van der Waals surface area contributed by atoms with Crippen LogP contribution in [0.2, 0.25) is 0 Å². The smallest absolute Gasteiger partial charge is 0.272 e. The number of nitrogens with one attached hydrogen (secondary N) is 1. The van der Waals surface area contributed by atoms with Crippen molar-refractivity contribution in [2.24, 2.45) is 0 Å². The molecule has 8 heteroatoms. The number of thioether (sulfide) groups is 1. The van der Waals surface area contributed by atoms with E-state index in [4.69, 9.17) is 4.98 Å². The summed E-state index contributed by atoms with van der Waals surface area (Å²) in [4.78, 5) is 35.5. The molecule has 4 rings (SSSR count). The first-order valence-corrected chi connectivity index (χ1v) is 11.7. The quantitative estimate of drug-likeness (QED) is 0.466. The fraction of sp³-hybridized carbons (Fsp3) is 0.500. The van der Waals surface area contributed by atoms with Gasteiger partial charge in [0.15, 0.2) is 5.16 Å². The van der Waals surface area contributed by atoms with Crippen LogP contribution < -0.4 is 10.9 Å². The number of hydrogen-bond acceptors (Lipinski definition) is 6. The van der Waals surface area contributed by atoms with Gasteiger partial charge in [0.1, 0.15) is 9.53 Å². The van der Waals surface area contributed by atoms with Crippen molar-refractivity contribution in [2.45, 2.75) is 63.2 Å². The lowest BCUT2D eigenvalue weighted by molar-refractivity contribution is -0.119. The molecule has 3 heterocycles. The molecule has 1 saturated carbocycles. The van der Waals surface area contributed by atoms with Crippen molar-refractivity contribution in [1.29, 1.82) is 0 Å². The standard InChI is InChI=1S/C20H24N4O2S2/c1-2-3-11-24-19(26)17-16(14-9-6-10-21-18(14)28-17)23-20(24)27-12-15(25)22-13-7-4-5-8-13/h6,9-10,13H,2-5,7-8,11-12H2,1H3,(H,22,25). The van der Waals surface area contributed by atoms with Crippen LogP contribution in [-0.2, 0) is 11.3 Å². The molecule has 1 amide bonds. The molecule has 0 aromatic carbocycles. The summed E-state index contributed by atoms with van der Waals surface area (Å²) < 4.78 is 2.37. The van der Waals surface area contributed by atoms with E-state index in [-0.39, 0.29) is 17.2 Å². The summed E-state index contributed by atoms with van der Waals surface area (Å²) >= 11 is 2.75. The van der Waals surface area contributed by atoms with Crippen LogP contribution in [0.15, 0.2) is 28.3 Å². The van der Waals surface area contributed by atoms with Crippen molar-refractivity contribution in [3.8, 4) is 0 Å². The van der Waals surface area contributed by atoms with Gasteiger partial charge in [-0.25, -0.2) is 9.97 Å². The number of pyridine rings is 1. The predicted molar refractivity (Wildman–Crippen MR) is 115 cm³/mol. The van der Waals surface area contributed by atoms with E-state index >= 15 is 0 Å². The highest BCUT2D eigenvalue weighted by atomic mass is 32.2. The Hall–Kier alpha value is -1.93. The molecule has 0 atom stereocenters. The van der Waals surface area contributed by atoms with Crippen LogP contribution in [0.3, 0.4) is 0 Å². The number of nitrogens with zero attached hydrogens (tertiary/aromatic N) is 3. The molecule has 0 unspecified atom stereocenters. The number of amides is 1. The first-order chi connectivity index (χ1) is 13.7. The highest BCUT2D eigenvalue weighted by molar-refractivity contribution is 7.99. The number of carbonyl (C=O) groups is 1. The van der Waals surface area contributed by atoms with Gasteiger partial charge in [-0.3, -0.25) is 14.2 Å². The average molecular weight is 417 g/mol. The average Bonchev–Trinajstić information content (AvgIpc) is 3.33. The zero-order valence-electron chi connectivity index (χ0n) is 15.9. The van der Waals surface area contributed by atoms with Crippen molar-refractivity contribution in [2.75, 3.05) is 5.75 Å². The van der Waals surface area contributed by atoms with Crippen molar-refractivity contribution >= 4 is 49.4 Å². The van der Waals surface area contributed by atoms with E-state index < -0.39 is 0 Å². The van der Waals surface area contributed by atoms with E-state index in [9.17, 15) is 9.59 Å². The van der Waals surface area contributed by atoms with Gasteiger partial charge >= 0.3 is 0 Å². The Morgan fingerprint density at radius 2 is 2.21 bits per heavy atom. The van der Waals surface area contributed by atoms with Gasteiger partial charge in [-0.05, 0) is 31.4 Å². The van der Waals surface area contributed by atoms with Crippen LogP contribution >= 0.6 is 23.1 Å². The fourth-order valence-corrected chi connectivity index (χ4v) is 5.50. The van der Waals surface area contributed by atoms with Crippen LogP contribution in [0, 0.1) is 0 Å². The third-order valence-corrected chi connectivity index (χ3v) is 7.17. The lowest BCUT2D eigenvalue weighted by Crippen LogP contribution is -2.34. The van der Waals surface area contributed by atoms with Gasteiger partial charge in [0, 0.05) is 24.2 Å². The Kier molecular flexibility index (Phi) is 5.96. The predicted octanol–water partition coefficient (Wildman–Crippen LogP) is 3.96. The van der Waals surface area contributed by atoms with Crippen LogP contribution in [0.25, 0.3) is 20.4 Å². The van der Waals surface area contributed by atoms with Crippen LogP contribution in [0.4, 0.5) is 0 Å². The van der Waals surface area contributed by atoms with Crippen molar-refractivity contribution in [1.82, 2.24) is 19.9 Å². The number of aromatic nitrogens is 3. The molecular formula is C20H24N4O2S2. The molecule has 28 heavy (non-hydrogen) atoms. The van der Waals surface area contributed by atoms with Gasteiger partial charge < -0.3 is 5.32 Å². The maximum absolute atomic E-state index is 13.1. The molecule has 1 fully saturated rings. The summed E-state index contributed by atoms with van der Waals surface area (Å²) in [5, 5.41) is 4.63. The molecule has 0 saturated heterocycles. The van der Waals surface area contributed by atoms with E-state index in [1.54, 1.807) is 10.8 Å². The Morgan fingerprint density at radius 3 is 3.00 bits per heavy atom. The summed E-state index contributed by atoms with van der Waals surface area (Å²) in [5.74, 6) is 0.297. The fourth-order valence-electron chi connectivity index (χ4n) is 3.63. The van der Waals surface area contributed by atoms with Crippen molar-refractivity contribution in [3.05, 3.63) is 28.7 Å². The topological polar surface area (TPSA) is 76.9 Å². The number of unbranched alkanes of at least 4 members (excludes halogenated alkanes) is 1. The van der Waals surface area contributed by atoms with Crippen molar-refractivity contribution in [3.63, 3.8) is 0 Å².